The molecule has 1 saturated heterocycles. The second-order valence-electron chi connectivity index (χ2n) is 6.34. The van der Waals surface area contributed by atoms with Crippen molar-refractivity contribution in [3.05, 3.63) is 36.0 Å². The SMILES string of the molecule is Cc1ccc(NC2CSCCC2(C)C)c2cccnc12. The Morgan fingerprint density at radius 3 is 2.95 bits per heavy atom. The van der Waals surface area contributed by atoms with Crippen LogP contribution in [0.4, 0.5) is 5.69 Å². The Kier molecular flexibility index (Phi) is 3.63. The van der Waals surface area contributed by atoms with Crippen LogP contribution in [0.3, 0.4) is 0 Å². The summed E-state index contributed by atoms with van der Waals surface area (Å²) >= 11 is 2.05. The molecule has 0 radical (unpaired) electrons. The summed E-state index contributed by atoms with van der Waals surface area (Å²) in [5.74, 6) is 2.46. The number of anilines is 1. The van der Waals surface area contributed by atoms with E-state index in [4.69, 9.17) is 0 Å². The van der Waals surface area contributed by atoms with Gasteiger partial charge in [-0.15, -0.1) is 0 Å². The lowest BCUT2D eigenvalue weighted by molar-refractivity contribution is 0.305. The van der Waals surface area contributed by atoms with Crippen molar-refractivity contribution in [2.75, 3.05) is 16.8 Å². The fraction of sp³-hybridized carbons (Fsp3) is 0.471. The monoisotopic (exact) mass is 286 g/mol. The van der Waals surface area contributed by atoms with Crippen LogP contribution in [0, 0.1) is 12.3 Å². The second kappa shape index (κ2) is 5.28. The first-order valence-electron chi connectivity index (χ1n) is 7.26. The summed E-state index contributed by atoms with van der Waals surface area (Å²) in [4.78, 5) is 4.53. The largest absolute Gasteiger partial charge is 0.380 e. The highest BCUT2D eigenvalue weighted by molar-refractivity contribution is 7.99. The van der Waals surface area contributed by atoms with E-state index in [9.17, 15) is 0 Å². The molecule has 2 aromatic rings. The lowest BCUT2D eigenvalue weighted by Gasteiger charge is -2.39. The molecule has 3 rings (SSSR count). The molecule has 1 aliphatic rings. The highest BCUT2D eigenvalue weighted by Gasteiger charge is 2.32. The van der Waals surface area contributed by atoms with Gasteiger partial charge in [0.05, 0.1) is 5.52 Å². The zero-order valence-corrected chi connectivity index (χ0v) is 13.3. The summed E-state index contributed by atoms with van der Waals surface area (Å²) in [7, 11) is 0. The van der Waals surface area contributed by atoms with E-state index in [2.05, 4.69) is 61.0 Å². The molecule has 1 fully saturated rings. The number of hydrogen-bond acceptors (Lipinski definition) is 3. The van der Waals surface area contributed by atoms with E-state index in [0.29, 0.717) is 11.5 Å². The van der Waals surface area contributed by atoms with Crippen molar-refractivity contribution >= 4 is 28.4 Å². The standard InChI is InChI=1S/C17H22N2S/c1-12-6-7-14(13-5-4-9-18-16(12)13)19-15-11-20-10-8-17(15,2)3/h4-7,9,15,19H,8,10-11H2,1-3H3. The molecule has 0 saturated carbocycles. The normalized spacial score (nSPS) is 21.9. The first-order chi connectivity index (χ1) is 9.58. The number of nitrogens with one attached hydrogen (secondary N) is 1. The van der Waals surface area contributed by atoms with E-state index >= 15 is 0 Å². The van der Waals surface area contributed by atoms with Gasteiger partial charge in [-0.05, 0) is 48.3 Å². The molecular weight excluding hydrogens is 264 g/mol. The summed E-state index contributed by atoms with van der Waals surface area (Å²) < 4.78 is 0. The second-order valence-corrected chi connectivity index (χ2v) is 7.49. The highest BCUT2D eigenvalue weighted by atomic mass is 32.2. The Morgan fingerprint density at radius 1 is 1.30 bits per heavy atom. The fourth-order valence-electron chi connectivity index (χ4n) is 2.80. The predicted octanol–water partition coefficient (Wildman–Crippen LogP) is 4.49. The number of pyridine rings is 1. The van der Waals surface area contributed by atoms with Gasteiger partial charge in [-0.2, -0.15) is 11.8 Å². The molecule has 2 nitrogen and oxygen atoms in total. The van der Waals surface area contributed by atoms with Gasteiger partial charge in [0.25, 0.3) is 0 Å². The zero-order valence-electron chi connectivity index (χ0n) is 12.4. The molecule has 3 heteroatoms. The molecule has 1 aromatic carbocycles. The molecule has 20 heavy (non-hydrogen) atoms. The Morgan fingerprint density at radius 2 is 2.15 bits per heavy atom. The van der Waals surface area contributed by atoms with Gasteiger partial charge in [0.1, 0.15) is 0 Å². The zero-order chi connectivity index (χ0) is 14.2. The molecular formula is C17H22N2S. The number of nitrogens with zero attached hydrogens (tertiary/aromatic N) is 1. The van der Waals surface area contributed by atoms with Gasteiger partial charge in [0.15, 0.2) is 0 Å². The molecule has 1 N–H and O–H groups in total. The van der Waals surface area contributed by atoms with Crippen molar-refractivity contribution < 1.29 is 0 Å². The van der Waals surface area contributed by atoms with Crippen LogP contribution in [-0.4, -0.2) is 22.5 Å². The molecule has 1 atom stereocenters. The maximum absolute atomic E-state index is 4.53. The fourth-order valence-corrected chi connectivity index (χ4v) is 4.41. The van der Waals surface area contributed by atoms with Gasteiger partial charge in [0.2, 0.25) is 0 Å². The van der Waals surface area contributed by atoms with E-state index < -0.39 is 0 Å². The summed E-state index contributed by atoms with van der Waals surface area (Å²) in [6.45, 7) is 6.87. The lowest BCUT2D eigenvalue weighted by atomic mass is 9.82. The van der Waals surface area contributed by atoms with Gasteiger partial charge >= 0.3 is 0 Å². The molecule has 0 aliphatic carbocycles. The average molecular weight is 286 g/mol. The lowest BCUT2D eigenvalue weighted by Crippen LogP contribution is -2.41. The van der Waals surface area contributed by atoms with E-state index in [1.54, 1.807) is 0 Å². The van der Waals surface area contributed by atoms with Crippen LogP contribution in [0.5, 0.6) is 0 Å². The number of hydrogen-bond donors (Lipinski definition) is 1. The summed E-state index contributed by atoms with van der Waals surface area (Å²) in [6, 6.07) is 9.08. The van der Waals surface area contributed by atoms with Crippen LogP contribution < -0.4 is 5.32 Å². The quantitative estimate of drug-likeness (QED) is 0.880. The number of aryl methyl sites for hydroxylation is 1. The number of benzene rings is 1. The van der Waals surface area contributed by atoms with Gasteiger partial charge in [-0.1, -0.05) is 19.9 Å². The van der Waals surface area contributed by atoms with Gasteiger partial charge in [0, 0.05) is 29.1 Å². The molecule has 2 heterocycles. The first-order valence-corrected chi connectivity index (χ1v) is 8.42. The molecule has 0 spiro atoms. The van der Waals surface area contributed by atoms with Crippen LogP contribution in [-0.2, 0) is 0 Å². The maximum Gasteiger partial charge on any atom is 0.0751 e. The van der Waals surface area contributed by atoms with Crippen LogP contribution in [0.25, 0.3) is 10.9 Å². The van der Waals surface area contributed by atoms with E-state index in [-0.39, 0.29) is 0 Å². The van der Waals surface area contributed by atoms with Crippen LogP contribution in [0.15, 0.2) is 30.5 Å². The van der Waals surface area contributed by atoms with Crippen molar-refractivity contribution in [3.8, 4) is 0 Å². The smallest absolute Gasteiger partial charge is 0.0751 e. The number of aromatic nitrogens is 1. The molecule has 1 unspecified atom stereocenters. The van der Waals surface area contributed by atoms with E-state index in [1.807, 2.05) is 12.3 Å². The molecule has 1 aliphatic heterocycles. The molecule has 0 bridgehead atoms. The van der Waals surface area contributed by atoms with Crippen molar-refractivity contribution in [1.82, 2.24) is 4.98 Å². The van der Waals surface area contributed by atoms with Crippen molar-refractivity contribution in [3.63, 3.8) is 0 Å². The highest BCUT2D eigenvalue weighted by Crippen LogP contribution is 2.37. The van der Waals surface area contributed by atoms with Crippen molar-refractivity contribution in [2.24, 2.45) is 5.41 Å². The van der Waals surface area contributed by atoms with Crippen LogP contribution >= 0.6 is 11.8 Å². The van der Waals surface area contributed by atoms with Gasteiger partial charge in [-0.3, -0.25) is 4.98 Å². The number of rotatable bonds is 2. The van der Waals surface area contributed by atoms with Crippen molar-refractivity contribution in [1.29, 1.82) is 0 Å². The number of thioether (sulfide) groups is 1. The minimum Gasteiger partial charge on any atom is -0.380 e. The maximum atomic E-state index is 4.53. The summed E-state index contributed by atoms with van der Waals surface area (Å²) in [5, 5.41) is 5.02. The Hall–Kier alpha value is -1.22. The number of fused-ring (bicyclic) bond motifs is 1. The third kappa shape index (κ3) is 2.51. The third-order valence-electron chi connectivity index (χ3n) is 4.42. The molecule has 1 aromatic heterocycles. The van der Waals surface area contributed by atoms with E-state index in [1.165, 1.54) is 34.6 Å². The Labute approximate surface area is 125 Å². The summed E-state index contributed by atoms with van der Waals surface area (Å²) in [5.41, 5.74) is 3.92. The Balaban J connectivity index is 1.97. The molecule has 106 valence electrons. The van der Waals surface area contributed by atoms with Gasteiger partial charge < -0.3 is 5.32 Å². The minimum absolute atomic E-state index is 0.352. The van der Waals surface area contributed by atoms with E-state index in [0.717, 1.165) is 5.52 Å². The van der Waals surface area contributed by atoms with Crippen LogP contribution in [0.1, 0.15) is 25.8 Å². The molecule has 0 amide bonds. The van der Waals surface area contributed by atoms with Gasteiger partial charge in [-0.25, -0.2) is 0 Å². The predicted molar refractivity (Wildman–Crippen MR) is 89.6 cm³/mol. The third-order valence-corrected chi connectivity index (χ3v) is 5.48. The minimum atomic E-state index is 0.352. The Bertz CT molecular complexity index is 621. The topological polar surface area (TPSA) is 24.9 Å². The average Bonchev–Trinajstić information content (AvgIpc) is 2.44. The van der Waals surface area contributed by atoms with Crippen molar-refractivity contribution in [2.45, 2.75) is 33.2 Å². The van der Waals surface area contributed by atoms with Crippen LogP contribution in [0.2, 0.25) is 0 Å². The summed E-state index contributed by atoms with van der Waals surface area (Å²) in [6.07, 6.45) is 3.15. The first kappa shape index (κ1) is 13.7.